The van der Waals surface area contributed by atoms with Crippen LogP contribution in [-0.2, 0) is 0 Å². The highest BCUT2D eigenvalue weighted by Gasteiger charge is 2.13. The lowest BCUT2D eigenvalue weighted by Crippen LogP contribution is -1.82. The molecule has 0 aliphatic carbocycles. The first-order valence-electron chi connectivity index (χ1n) is 8.90. The SMILES string of the molecule is Cc1ccc(N=Nc2nc(-c3ccccc3)c(-c3ccccc3)[nH]2)c(C)c1. The molecule has 4 aromatic rings. The summed E-state index contributed by atoms with van der Waals surface area (Å²) in [6.07, 6.45) is 0. The van der Waals surface area contributed by atoms with Crippen molar-refractivity contribution in [1.82, 2.24) is 9.97 Å². The van der Waals surface area contributed by atoms with Gasteiger partial charge in [0.05, 0.1) is 17.1 Å². The van der Waals surface area contributed by atoms with Crippen LogP contribution < -0.4 is 0 Å². The first-order chi connectivity index (χ1) is 13.2. The molecule has 0 radical (unpaired) electrons. The van der Waals surface area contributed by atoms with Crippen LogP contribution in [0, 0.1) is 13.8 Å². The molecule has 1 heterocycles. The van der Waals surface area contributed by atoms with Crippen molar-refractivity contribution in [2.75, 3.05) is 0 Å². The Labute approximate surface area is 158 Å². The smallest absolute Gasteiger partial charge is 0.247 e. The molecule has 4 rings (SSSR count). The molecule has 4 heteroatoms. The van der Waals surface area contributed by atoms with Gasteiger partial charge in [0, 0.05) is 11.1 Å². The second-order valence-electron chi connectivity index (χ2n) is 6.51. The van der Waals surface area contributed by atoms with Crippen LogP contribution >= 0.6 is 0 Å². The molecule has 0 amide bonds. The zero-order valence-electron chi connectivity index (χ0n) is 15.3. The van der Waals surface area contributed by atoms with E-state index in [9.17, 15) is 0 Å². The maximum absolute atomic E-state index is 4.70. The lowest BCUT2D eigenvalue weighted by Gasteiger charge is -2.02. The van der Waals surface area contributed by atoms with Crippen molar-refractivity contribution in [3.8, 4) is 22.5 Å². The van der Waals surface area contributed by atoms with E-state index >= 15 is 0 Å². The number of nitrogens with one attached hydrogen (secondary N) is 1. The van der Waals surface area contributed by atoms with Gasteiger partial charge in [-0.25, -0.2) is 4.98 Å². The fourth-order valence-corrected chi connectivity index (χ4v) is 3.05. The molecule has 1 N–H and O–H groups in total. The summed E-state index contributed by atoms with van der Waals surface area (Å²) in [5.74, 6) is 0.493. The highest BCUT2D eigenvalue weighted by molar-refractivity contribution is 5.79. The largest absolute Gasteiger partial charge is 0.320 e. The molecule has 0 aliphatic heterocycles. The molecule has 27 heavy (non-hydrogen) atoms. The minimum Gasteiger partial charge on any atom is -0.320 e. The van der Waals surface area contributed by atoms with Gasteiger partial charge >= 0.3 is 0 Å². The van der Waals surface area contributed by atoms with E-state index in [-0.39, 0.29) is 0 Å². The molecule has 4 nitrogen and oxygen atoms in total. The second-order valence-corrected chi connectivity index (χ2v) is 6.51. The number of imidazole rings is 1. The molecule has 0 spiro atoms. The lowest BCUT2D eigenvalue weighted by molar-refractivity contribution is 1.12. The number of nitrogens with zero attached hydrogens (tertiary/aromatic N) is 3. The summed E-state index contributed by atoms with van der Waals surface area (Å²) in [6, 6.07) is 26.4. The van der Waals surface area contributed by atoms with Crippen LogP contribution in [0.15, 0.2) is 89.1 Å². The van der Waals surface area contributed by atoms with Crippen molar-refractivity contribution in [1.29, 1.82) is 0 Å². The lowest BCUT2D eigenvalue weighted by atomic mass is 10.1. The van der Waals surface area contributed by atoms with E-state index in [4.69, 9.17) is 4.98 Å². The number of hydrogen-bond donors (Lipinski definition) is 1. The van der Waals surface area contributed by atoms with Gasteiger partial charge in [0.25, 0.3) is 0 Å². The Morgan fingerprint density at radius 3 is 2.07 bits per heavy atom. The van der Waals surface area contributed by atoms with Crippen LogP contribution in [0.25, 0.3) is 22.5 Å². The topological polar surface area (TPSA) is 53.4 Å². The van der Waals surface area contributed by atoms with E-state index in [0.717, 1.165) is 33.8 Å². The minimum atomic E-state index is 0.493. The van der Waals surface area contributed by atoms with E-state index in [1.807, 2.05) is 67.6 Å². The van der Waals surface area contributed by atoms with Gasteiger partial charge in [-0.3, -0.25) is 0 Å². The molecule has 0 unspecified atom stereocenters. The Morgan fingerprint density at radius 1 is 0.741 bits per heavy atom. The number of rotatable bonds is 4. The molecule has 0 bridgehead atoms. The molecule has 1 aromatic heterocycles. The second kappa shape index (κ2) is 7.38. The zero-order valence-corrected chi connectivity index (χ0v) is 15.3. The average Bonchev–Trinajstić information content (AvgIpc) is 3.13. The summed E-state index contributed by atoms with van der Waals surface area (Å²) in [7, 11) is 0. The highest BCUT2D eigenvalue weighted by atomic mass is 15.2. The van der Waals surface area contributed by atoms with Crippen molar-refractivity contribution in [3.05, 3.63) is 90.0 Å². The van der Waals surface area contributed by atoms with Crippen LogP contribution in [0.3, 0.4) is 0 Å². The number of azo groups is 1. The molecule has 0 aliphatic rings. The molecular weight excluding hydrogens is 332 g/mol. The van der Waals surface area contributed by atoms with E-state index in [2.05, 4.69) is 40.3 Å². The van der Waals surface area contributed by atoms with Crippen LogP contribution in [0.4, 0.5) is 11.6 Å². The van der Waals surface area contributed by atoms with Crippen molar-refractivity contribution in [2.24, 2.45) is 10.2 Å². The predicted molar refractivity (Wildman–Crippen MR) is 110 cm³/mol. The number of aromatic amines is 1. The Hall–Kier alpha value is -3.53. The monoisotopic (exact) mass is 352 g/mol. The van der Waals surface area contributed by atoms with Crippen molar-refractivity contribution >= 4 is 11.6 Å². The van der Waals surface area contributed by atoms with Crippen molar-refractivity contribution in [2.45, 2.75) is 13.8 Å². The van der Waals surface area contributed by atoms with Crippen LogP contribution in [-0.4, -0.2) is 9.97 Å². The number of aromatic nitrogens is 2. The summed E-state index contributed by atoms with van der Waals surface area (Å²) < 4.78 is 0. The molecule has 0 saturated carbocycles. The summed E-state index contributed by atoms with van der Waals surface area (Å²) >= 11 is 0. The van der Waals surface area contributed by atoms with Gasteiger partial charge in [0.2, 0.25) is 5.95 Å². The van der Waals surface area contributed by atoms with Gasteiger partial charge in [-0.2, -0.15) is 0 Å². The number of hydrogen-bond acceptors (Lipinski definition) is 3. The summed E-state index contributed by atoms with van der Waals surface area (Å²) in [4.78, 5) is 8.03. The summed E-state index contributed by atoms with van der Waals surface area (Å²) in [6.45, 7) is 4.10. The molecule has 3 aromatic carbocycles. The van der Waals surface area contributed by atoms with Crippen LogP contribution in [0.1, 0.15) is 11.1 Å². The van der Waals surface area contributed by atoms with Gasteiger partial charge in [-0.05, 0) is 25.5 Å². The number of H-pyrrole nitrogens is 1. The molecule has 132 valence electrons. The fourth-order valence-electron chi connectivity index (χ4n) is 3.05. The minimum absolute atomic E-state index is 0.493. The van der Waals surface area contributed by atoms with E-state index < -0.39 is 0 Å². The maximum atomic E-state index is 4.70. The summed E-state index contributed by atoms with van der Waals surface area (Å²) in [5.41, 5.74) is 7.07. The Morgan fingerprint density at radius 2 is 1.41 bits per heavy atom. The normalized spacial score (nSPS) is 11.2. The van der Waals surface area contributed by atoms with Crippen LogP contribution in [0.2, 0.25) is 0 Å². The van der Waals surface area contributed by atoms with Gasteiger partial charge in [0.1, 0.15) is 0 Å². The fraction of sp³-hybridized carbons (Fsp3) is 0.0870. The van der Waals surface area contributed by atoms with Gasteiger partial charge in [-0.15, -0.1) is 10.2 Å². The van der Waals surface area contributed by atoms with Crippen molar-refractivity contribution in [3.63, 3.8) is 0 Å². The predicted octanol–water partition coefficient (Wildman–Crippen LogP) is 6.78. The molecule has 0 saturated heterocycles. The number of aryl methyl sites for hydroxylation is 2. The van der Waals surface area contributed by atoms with Crippen LogP contribution in [0.5, 0.6) is 0 Å². The van der Waals surface area contributed by atoms with E-state index in [1.54, 1.807) is 0 Å². The first kappa shape index (κ1) is 16.9. The zero-order chi connectivity index (χ0) is 18.6. The molecule has 0 atom stereocenters. The Balaban J connectivity index is 1.76. The van der Waals surface area contributed by atoms with E-state index in [1.165, 1.54) is 5.56 Å². The third-order valence-corrected chi connectivity index (χ3v) is 4.41. The van der Waals surface area contributed by atoms with Crippen molar-refractivity contribution < 1.29 is 0 Å². The molecular formula is C23H20N4. The highest BCUT2D eigenvalue weighted by Crippen LogP contribution is 2.32. The van der Waals surface area contributed by atoms with Gasteiger partial charge in [0.15, 0.2) is 0 Å². The number of benzene rings is 3. The average molecular weight is 352 g/mol. The van der Waals surface area contributed by atoms with E-state index in [0.29, 0.717) is 5.95 Å². The third kappa shape index (κ3) is 3.70. The Bertz CT molecular complexity index is 1020. The van der Waals surface area contributed by atoms with Gasteiger partial charge < -0.3 is 4.98 Å². The molecule has 0 fully saturated rings. The quantitative estimate of drug-likeness (QED) is 0.405. The van der Waals surface area contributed by atoms with Gasteiger partial charge in [-0.1, -0.05) is 78.4 Å². The maximum Gasteiger partial charge on any atom is 0.247 e. The standard InChI is InChI=1S/C23H20N4/c1-16-13-14-20(17(2)15-16)26-27-23-24-21(18-9-5-3-6-10-18)22(25-23)19-11-7-4-8-12-19/h3-15H,1-2H3,(H,24,25). The first-order valence-corrected chi connectivity index (χ1v) is 8.90. The summed E-state index contributed by atoms with van der Waals surface area (Å²) in [5, 5.41) is 8.75. The Kier molecular flexibility index (Phi) is 4.62. The third-order valence-electron chi connectivity index (χ3n) is 4.41.